The van der Waals surface area contributed by atoms with Gasteiger partial charge in [0.2, 0.25) is 5.91 Å². The smallest absolute Gasteiger partial charge is 0.227 e. The molecule has 0 spiro atoms. The van der Waals surface area contributed by atoms with Gasteiger partial charge in [0.25, 0.3) is 0 Å². The van der Waals surface area contributed by atoms with Crippen molar-refractivity contribution in [2.75, 3.05) is 11.5 Å². The largest absolute Gasteiger partial charge is 0.369 e. The summed E-state index contributed by atoms with van der Waals surface area (Å²) >= 11 is 7.36. The first-order chi connectivity index (χ1) is 5.99. The fourth-order valence-electron chi connectivity index (χ4n) is 0.241. The average molecular weight is 222 g/mol. The highest BCUT2D eigenvalue weighted by Gasteiger charge is 2.04. The minimum atomic E-state index is -0.476. The van der Waals surface area contributed by atoms with Crippen molar-refractivity contribution < 1.29 is 9.59 Å². The van der Waals surface area contributed by atoms with Crippen LogP contribution in [0.5, 0.6) is 0 Å². The fourth-order valence-corrected chi connectivity index (χ4v) is 0.421. The molecule has 1 amide bonds. The Bertz CT molecular complexity index is 185. The summed E-state index contributed by atoms with van der Waals surface area (Å²) in [6.07, 6.45) is 1.21. The number of ketones is 1. The van der Waals surface area contributed by atoms with Gasteiger partial charge in [0.15, 0.2) is 5.78 Å². The van der Waals surface area contributed by atoms with Gasteiger partial charge in [-0.3, -0.25) is 9.59 Å². The van der Waals surface area contributed by atoms with Crippen molar-refractivity contribution in [1.29, 1.82) is 0 Å². The third-order valence-corrected chi connectivity index (χ3v) is 1.62. The highest BCUT2D eigenvalue weighted by molar-refractivity contribution is 7.81. The average Bonchev–Trinajstić information content (AvgIpc) is 2.16. The maximum atomic E-state index is 10.5. The lowest BCUT2D eigenvalue weighted by Crippen LogP contribution is -2.30. The summed E-state index contributed by atoms with van der Waals surface area (Å²) in [4.78, 5) is 20.0. The molecule has 4 nitrogen and oxygen atoms in total. The number of rotatable bonds is 4. The summed E-state index contributed by atoms with van der Waals surface area (Å²) < 4.78 is 0. The van der Waals surface area contributed by atoms with Gasteiger partial charge in [-0.05, 0) is 6.08 Å². The van der Waals surface area contributed by atoms with E-state index in [2.05, 4.69) is 37.6 Å². The zero-order valence-electron chi connectivity index (χ0n) is 7.14. The van der Waals surface area contributed by atoms with Crippen LogP contribution < -0.4 is 11.5 Å². The molecule has 0 heterocycles. The summed E-state index contributed by atoms with van der Waals surface area (Å²) in [7, 11) is 0. The molecule has 4 N–H and O–H groups in total. The third-order valence-electron chi connectivity index (χ3n) is 0.919. The summed E-state index contributed by atoms with van der Waals surface area (Å²) in [6, 6.07) is -0.476. The van der Waals surface area contributed by atoms with Crippen LogP contribution >= 0.6 is 25.3 Å². The van der Waals surface area contributed by atoms with Crippen LogP contribution in [0.2, 0.25) is 0 Å². The van der Waals surface area contributed by atoms with Crippen LogP contribution in [0.3, 0.4) is 0 Å². The summed E-state index contributed by atoms with van der Waals surface area (Å²) in [5.74, 6) is -0.0152. The standard InChI is InChI=1S/C5H9NOS.C2H5NOS/c1-2-5(7)4(6)3-8;3-2(4)1-5/h2,4,8H,1,3,6H2;5H,1H2,(H2,3,4)/t4-;/m0./s1. The molecule has 0 rings (SSSR count). The van der Waals surface area contributed by atoms with Crippen LogP contribution in [0.1, 0.15) is 0 Å². The number of primary amides is 1. The van der Waals surface area contributed by atoms with Crippen LogP contribution in [-0.4, -0.2) is 29.2 Å². The lowest BCUT2D eigenvalue weighted by Gasteiger charge is -1.99. The molecule has 6 heteroatoms. The van der Waals surface area contributed by atoms with Gasteiger partial charge in [-0.15, -0.1) is 0 Å². The van der Waals surface area contributed by atoms with Crippen LogP contribution in [-0.2, 0) is 9.59 Å². The first kappa shape index (κ1) is 15.0. The highest BCUT2D eigenvalue weighted by atomic mass is 32.1. The molecule has 0 fully saturated rings. The van der Waals surface area contributed by atoms with Crippen LogP contribution in [0.25, 0.3) is 0 Å². The summed E-state index contributed by atoms with van der Waals surface area (Å²) in [6.45, 7) is 3.27. The molecule has 0 aromatic rings. The van der Waals surface area contributed by atoms with E-state index in [-0.39, 0.29) is 17.4 Å². The second-order valence-corrected chi connectivity index (χ2v) is 2.70. The maximum absolute atomic E-state index is 10.5. The quantitative estimate of drug-likeness (QED) is 0.378. The van der Waals surface area contributed by atoms with Crippen molar-refractivity contribution in [2.24, 2.45) is 11.5 Å². The van der Waals surface area contributed by atoms with Gasteiger partial charge in [0, 0.05) is 5.75 Å². The Hall–Kier alpha value is -0.460. The number of carbonyl (C=O) groups excluding carboxylic acids is 2. The van der Waals surface area contributed by atoms with Crippen LogP contribution in [0.15, 0.2) is 12.7 Å². The first-order valence-electron chi connectivity index (χ1n) is 3.41. The Labute approximate surface area is 88.6 Å². The monoisotopic (exact) mass is 222 g/mol. The van der Waals surface area contributed by atoms with Gasteiger partial charge in [-0.2, -0.15) is 25.3 Å². The molecule has 0 saturated carbocycles. The molecule has 0 aromatic heterocycles. The molecule has 0 aliphatic rings. The molecule has 0 unspecified atom stereocenters. The van der Waals surface area contributed by atoms with Gasteiger partial charge in [0.1, 0.15) is 0 Å². The van der Waals surface area contributed by atoms with Crippen LogP contribution in [0.4, 0.5) is 0 Å². The Morgan fingerprint density at radius 3 is 1.92 bits per heavy atom. The third kappa shape index (κ3) is 11.5. The lowest BCUT2D eigenvalue weighted by atomic mass is 10.2. The van der Waals surface area contributed by atoms with Gasteiger partial charge in [-0.25, -0.2) is 0 Å². The van der Waals surface area contributed by atoms with E-state index in [1.807, 2.05) is 0 Å². The Morgan fingerprint density at radius 2 is 1.85 bits per heavy atom. The molecule has 0 saturated heterocycles. The first-order valence-corrected chi connectivity index (χ1v) is 4.68. The molecular formula is C7H14N2O2S2. The number of thiol groups is 2. The van der Waals surface area contributed by atoms with E-state index in [0.717, 1.165) is 0 Å². The van der Waals surface area contributed by atoms with Gasteiger partial charge < -0.3 is 11.5 Å². The zero-order valence-corrected chi connectivity index (χ0v) is 8.93. The molecule has 0 radical (unpaired) electrons. The van der Waals surface area contributed by atoms with Crippen molar-refractivity contribution in [1.82, 2.24) is 0 Å². The zero-order chi connectivity index (χ0) is 10.9. The predicted octanol–water partition coefficient (Wildman–Crippen LogP) is -0.600. The topological polar surface area (TPSA) is 86.2 Å². The molecule has 0 aromatic carbocycles. The molecule has 1 atom stereocenters. The van der Waals surface area contributed by atoms with Crippen molar-refractivity contribution >= 4 is 36.9 Å². The Balaban J connectivity index is 0. The molecular weight excluding hydrogens is 208 g/mol. The van der Waals surface area contributed by atoms with E-state index in [1.165, 1.54) is 6.08 Å². The number of nitrogens with two attached hydrogens (primary N) is 2. The fraction of sp³-hybridized carbons (Fsp3) is 0.429. The second-order valence-electron chi connectivity index (χ2n) is 2.02. The van der Waals surface area contributed by atoms with Crippen molar-refractivity contribution in [3.63, 3.8) is 0 Å². The van der Waals surface area contributed by atoms with Gasteiger partial charge in [-0.1, -0.05) is 6.58 Å². The maximum Gasteiger partial charge on any atom is 0.227 e. The van der Waals surface area contributed by atoms with E-state index in [0.29, 0.717) is 5.75 Å². The van der Waals surface area contributed by atoms with E-state index in [1.54, 1.807) is 0 Å². The van der Waals surface area contributed by atoms with Gasteiger partial charge >= 0.3 is 0 Å². The number of hydrogen-bond donors (Lipinski definition) is 4. The van der Waals surface area contributed by atoms with Crippen molar-refractivity contribution in [3.05, 3.63) is 12.7 Å². The molecule has 76 valence electrons. The predicted molar refractivity (Wildman–Crippen MR) is 60.1 cm³/mol. The van der Waals surface area contributed by atoms with E-state index >= 15 is 0 Å². The van der Waals surface area contributed by atoms with E-state index in [4.69, 9.17) is 5.73 Å². The number of amides is 1. The minimum Gasteiger partial charge on any atom is -0.369 e. The second kappa shape index (κ2) is 9.63. The summed E-state index contributed by atoms with van der Waals surface area (Å²) in [5, 5.41) is 0. The van der Waals surface area contributed by atoms with E-state index < -0.39 is 6.04 Å². The lowest BCUT2D eigenvalue weighted by molar-refractivity contribution is -0.116. The summed E-state index contributed by atoms with van der Waals surface area (Å²) in [5.41, 5.74) is 9.81. The molecule has 0 aliphatic heterocycles. The van der Waals surface area contributed by atoms with Crippen molar-refractivity contribution in [3.8, 4) is 0 Å². The molecule has 0 aliphatic carbocycles. The Kier molecular flexibility index (Phi) is 11.1. The van der Waals surface area contributed by atoms with Crippen LogP contribution in [0, 0.1) is 0 Å². The molecule has 13 heavy (non-hydrogen) atoms. The number of carbonyl (C=O) groups is 2. The van der Waals surface area contributed by atoms with Gasteiger partial charge in [0.05, 0.1) is 11.8 Å². The minimum absolute atomic E-state index is 0.139. The highest BCUT2D eigenvalue weighted by Crippen LogP contribution is 1.85. The van der Waals surface area contributed by atoms with E-state index in [9.17, 15) is 9.59 Å². The SMILES string of the molecule is C=CC(=O)[C@@H](N)CS.NC(=O)CS. The molecule has 0 bridgehead atoms. The Morgan fingerprint density at radius 1 is 1.46 bits per heavy atom. The number of hydrogen-bond acceptors (Lipinski definition) is 5. The normalized spacial score (nSPS) is 10.7. The van der Waals surface area contributed by atoms with Crippen molar-refractivity contribution in [2.45, 2.75) is 6.04 Å².